The van der Waals surface area contributed by atoms with Gasteiger partial charge in [0.25, 0.3) is 11.5 Å². The Kier molecular flexibility index (Phi) is 1.81. The summed E-state index contributed by atoms with van der Waals surface area (Å²) in [5.74, 6) is -0.178. The topological polar surface area (TPSA) is 101 Å². The summed E-state index contributed by atoms with van der Waals surface area (Å²) in [4.78, 5) is 25.9. The summed E-state index contributed by atoms with van der Waals surface area (Å²) in [6.07, 6.45) is 1.27. The third-order valence-corrected chi connectivity index (χ3v) is 0.865. The number of hydrogen-bond donors (Lipinski definition) is 2. The van der Waals surface area contributed by atoms with Gasteiger partial charge in [0.2, 0.25) is 0 Å². The van der Waals surface area contributed by atoms with E-state index in [4.69, 9.17) is 0 Å². The second-order valence-corrected chi connectivity index (χ2v) is 1.65. The lowest BCUT2D eigenvalue weighted by molar-refractivity contribution is -0.446. The number of nitrogens with one attached hydrogen (secondary N) is 2. The zero-order chi connectivity index (χ0) is 8.27. The maximum absolute atomic E-state index is 10.5. The van der Waals surface area contributed by atoms with E-state index >= 15 is 0 Å². The Balaban J connectivity index is 2.88. The molecule has 1 rings (SSSR count). The number of nitrogens with zero attached hydrogens (tertiary/aromatic N) is 2. The summed E-state index contributed by atoms with van der Waals surface area (Å²) in [5.41, 5.74) is 1.17. The molecule has 7 nitrogen and oxygen atoms in total. The fourth-order valence-electron chi connectivity index (χ4n) is 0.515. The molecule has 0 saturated carbocycles. The molecule has 0 amide bonds. The molecule has 1 heterocycles. The van der Waals surface area contributed by atoms with Gasteiger partial charge in [-0.1, -0.05) is 5.43 Å². The van der Waals surface area contributed by atoms with E-state index in [1.807, 2.05) is 0 Å². The van der Waals surface area contributed by atoms with Crippen LogP contribution in [0.25, 0.3) is 0 Å². The van der Waals surface area contributed by atoms with Gasteiger partial charge >= 0.3 is 0 Å². The van der Waals surface area contributed by atoms with Crippen molar-refractivity contribution in [2.45, 2.75) is 0 Å². The average molecular weight is 156 g/mol. The van der Waals surface area contributed by atoms with Gasteiger partial charge in [-0.05, 0) is 0 Å². The number of H-pyrrole nitrogens is 1. The summed E-state index contributed by atoms with van der Waals surface area (Å²) >= 11 is 0. The van der Waals surface area contributed by atoms with Crippen LogP contribution in [0.2, 0.25) is 0 Å². The Morgan fingerprint density at radius 2 is 2.45 bits per heavy atom. The van der Waals surface area contributed by atoms with Gasteiger partial charge in [0.1, 0.15) is 0 Å². The van der Waals surface area contributed by atoms with Crippen LogP contribution in [0.1, 0.15) is 0 Å². The Morgan fingerprint density at radius 1 is 1.73 bits per heavy atom. The van der Waals surface area contributed by atoms with Crippen molar-refractivity contribution in [1.82, 2.24) is 9.97 Å². The normalized spacial score (nSPS) is 9.09. The summed E-state index contributed by atoms with van der Waals surface area (Å²) in [5, 5.41) is 9.01. The van der Waals surface area contributed by atoms with Crippen LogP contribution in [-0.2, 0) is 0 Å². The monoisotopic (exact) mass is 156 g/mol. The summed E-state index contributed by atoms with van der Waals surface area (Å²) in [6.45, 7) is 0. The highest BCUT2D eigenvalue weighted by Gasteiger charge is 1.98. The van der Waals surface area contributed by atoms with Gasteiger partial charge in [0.15, 0.2) is 5.03 Å². The molecule has 2 N–H and O–H groups in total. The lowest BCUT2D eigenvalue weighted by Gasteiger charge is -1.92. The molecule has 0 atom stereocenters. The number of aromatic nitrogens is 2. The maximum Gasteiger partial charge on any atom is 0.274 e. The minimum Gasteiger partial charge on any atom is -0.328 e. The minimum atomic E-state index is -0.807. The molecule has 0 aliphatic heterocycles. The SMILES string of the molecule is O=c1cc[nH]c(N[N+](=O)[O-])n1. The number of nitro groups is 1. The maximum atomic E-state index is 10.5. The Bertz CT molecular complexity index is 319. The first kappa shape index (κ1) is 7.19. The summed E-state index contributed by atoms with van der Waals surface area (Å²) in [6, 6.07) is 1.16. The fourth-order valence-corrected chi connectivity index (χ4v) is 0.515. The zero-order valence-corrected chi connectivity index (χ0v) is 5.27. The molecule has 0 spiro atoms. The van der Waals surface area contributed by atoms with Crippen LogP contribution in [-0.4, -0.2) is 15.0 Å². The van der Waals surface area contributed by atoms with Gasteiger partial charge in [-0.25, -0.2) is 10.1 Å². The molecule has 0 aromatic carbocycles. The molecular weight excluding hydrogens is 152 g/mol. The van der Waals surface area contributed by atoms with E-state index in [1.165, 1.54) is 6.20 Å². The van der Waals surface area contributed by atoms with Crippen molar-refractivity contribution in [2.75, 3.05) is 5.43 Å². The van der Waals surface area contributed by atoms with Crippen LogP contribution in [0, 0.1) is 10.1 Å². The van der Waals surface area contributed by atoms with Crippen molar-refractivity contribution in [1.29, 1.82) is 0 Å². The van der Waals surface area contributed by atoms with Gasteiger partial charge in [0.05, 0.1) is 0 Å². The van der Waals surface area contributed by atoms with E-state index in [1.54, 1.807) is 5.43 Å². The third kappa shape index (κ3) is 2.05. The highest BCUT2D eigenvalue weighted by Crippen LogP contribution is 1.88. The molecule has 1 aromatic heterocycles. The molecule has 1 aromatic rings. The van der Waals surface area contributed by atoms with Gasteiger partial charge in [0, 0.05) is 12.3 Å². The smallest absolute Gasteiger partial charge is 0.274 e. The van der Waals surface area contributed by atoms with Gasteiger partial charge in [-0.2, -0.15) is 4.98 Å². The van der Waals surface area contributed by atoms with Crippen LogP contribution in [0.15, 0.2) is 17.1 Å². The Labute approximate surface area is 60.2 Å². The van der Waals surface area contributed by atoms with Crippen molar-refractivity contribution in [3.05, 3.63) is 32.7 Å². The number of rotatable bonds is 2. The van der Waals surface area contributed by atoms with Crippen LogP contribution >= 0.6 is 0 Å². The summed E-state index contributed by atoms with van der Waals surface area (Å²) < 4.78 is 0. The second-order valence-electron chi connectivity index (χ2n) is 1.65. The van der Waals surface area contributed by atoms with Crippen molar-refractivity contribution in [3.8, 4) is 0 Å². The van der Waals surface area contributed by atoms with Crippen LogP contribution < -0.4 is 11.0 Å². The second kappa shape index (κ2) is 2.78. The van der Waals surface area contributed by atoms with E-state index in [2.05, 4.69) is 9.97 Å². The van der Waals surface area contributed by atoms with Crippen LogP contribution in [0.3, 0.4) is 0 Å². The molecule has 0 aliphatic rings. The molecule has 0 fully saturated rings. The summed E-state index contributed by atoms with van der Waals surface area (Å²) in [7, 11) is 0. The van der Waals surface area contributed by atoms with Crippen molar-refractivity contribution < 1.29 is 5.03 Å². The van der Waals surface area contributed by atoms with Crippen LogP contribution in [0.4, 0.5) is 5.95 Å². The Hall–Kier alpha value is -1.92. The van der Waals surface area contributed by atoms with Crippen molar-refractivity contribution in [3.63, 3.8) is 0 Å². The fraction of sp³-hybridized carbons (Fsp3) is 0. The Morgan fingerprint density at radius 3 is 3.00 bits per heavy atom. The molecule has 0 aliphatic carbocycles. The molecule has 11 heavy (non-hydrogen) atoms. The number of anilines is 1. The molecule has 0 unspecified atom stereocenters. The standard InChI is InChI=1S/C4H4N4O3/c9-3-1-2-5-4(6-3)7-8(10)11/h1-2H,(H2,5,6,7,9). The number of hydrazine groups is 1. The first-order valence-corrected chi connectivity index (χ1v) is 2.65. The highest BCUT2D eigenvalue weighted by atomic mass is 16.7. The van der Waals surface area contributed by atoms with E-state index in [0.717, 1.165) is 6.07 Å². The minimum absolute atomic E-state index is 0.178. The van der Waals surface area contributed by atoms with Gasteiger partial charge in [-0.15, -0.1) is 0 Å². The van der Waals surface area contributed by atoms with Crippen molar-refractivity contribution >= 4 is 5.95 Å². The quantitative estimate of drug-likeness (QED) is 0.438. The number of hydrogen-bond acceptors (Lipinski definition) is 4. The van der Waals surface area contributed by atoms with Gasteiger partial charge in [-0.3, -0.25) is 4.79 Å². The predicted molar refractivity (Wildman–Crippen MR) is 35.5 cm³/mol. The number of aromatic amines is 1. The van der Waals surface area contributed by atoms with E-state index < -0.39 is 10.6 Å². The van der Waals surface area contributed by atoms with E-state index in [0.29, 0.717) is 0 Å². The first-order chi connectivity index (χ1) is 5.18. The van der Waals surface area contributed by atoms with E-state index in [-0.39, 0.29) is 5.95 Å². The van der Waals surface area contributed by atoms with Gasteiger partial charge < -0.3 is 4.98 Å². The predicted octanol–water partition coefficient (Wildman–Crippen LogP) is -0.627. The highest BCUT2D eigenvalue weighted by molar-refractivity contribution is 5.16. The van der Waals surface area contributed by atoms with E-state index in [9.17, 15) is 14.9 Å². The molecular formula is C4H4N4O3. The lowest BCUT2D eigenvalue weighted by atomic mass is 10.7. The zero-order valence-electron chi connectivity index (χ0n) is 5.27. The average Bonchev–Trinajstić information content (AvgIpc) is 1.85. The molecule has 0 radical (unpaired) electrons. The third-order valence-electron chi connectivity index (χ3n) is 0.865. The molecule has 7 heteroatoms. The molecule has 58 valence electrons. The first-order valence-electron chi connectivity index (χ1n) is 2.65. The molecule has 0 saturated heterocycles. The lowest BCUT2D eigenvalue weighted by Crippen LogP contribution is -2.15. The van der Waals surface area contributed by atoms with Crippen LogP contribution in [0.5, 0.6) is 0 Å². The molecule has 0 bridgehead atoms. The van der Waals surface area contributed by atoms with Crippen molar-refractivity contribution in [2.24, 2.45) is 0 Å². The largest absolute Gasteiger partial charge is 0.328 e.